The average molecular weight is 650 g/mol. The van der Waals surface area contributed by atoms with Crippen LogP contribution in [0.25, 0.3) is 23.0 Å². The molecule has 0 unspecified atom stereocenters. The Morgan fingerprint density at radius 3 is 2.17 bits per heavy atom. The Kier molecular flexibility index (Phi) is 9.96. The Morgan fingerprint density at radius 2 is 1.56 bits per heavy atom. The molecule has 1 aromatic rings. The van der Waals surface area contributed by atoms with Crippen molar-refractivity contribution >= 4 is 17.4 Å². The first-order chi connectivity index (χ1) is 22.7. The van der Waals surface area contributed by atoms with Gasteiger partial charge in [0.1, 0.15) is 41.9 Å². The predicted molar refractivity (Wildman–Crippen MR) is 193 cm³/mol. The zero-order chi connectivity index (χ0) is 35.0. The Balaban J connectivity index is 1.57. The smallest absolute Gasteiger partial charge is 0.203 e. The summed E-state index contributed by atoms with van der Waals surface area (Å²) in [6.07, 6.45) is 7.51. The van der Waals surface area contributed by atoms with E-state index in [2.05, 4.69) is 85.9 Å². The Morgan fingerprint density at radius 1 is 0.875 bits per heavy atom. The molecule has 6 nitrogen and oxygen atoms in total. The summed E-state index contributed by atoms with van der Waals surface area (Å²) >= 11 is 0. The van der Waals surface area contributed by atoms with Crippen LogP contribution in [0, 0.1) is 11.3 Å². The fourth-order valence-corrected chi connectivity index (χ4v) is 5.99. The van der Waals surface area contributed by atoms with E-state index < -0.39 is 0 Å². The number of benzene rings is 2. The molecule has 0 saturated heterocycles. The minimum Gasteiger partial charge on any atom is -0.871 e. The van der Waals surface area contributed by atoms with Crippen molar-refractivity contribution in [1.29, 1.82) is 0 Å². The molecule has 0 amide bonds. The van der Waals surface area contributed by atoms with Gasteiger partial charge in [0.05, 0.1) is 12.7 Å². The molecule has 2 aliphatic heterocycles. The van der Waals surface area contributed by atoms with Crippen LogP contribution in [0.15, 0.2) is 81.7 Å². The maximum Gasteiger partial charge on any atom is 0.203 e. The molecule has 6 heteroatoms. The fourth-order valence-electron chi connectivity index (χ4n) is 5.99. The first kappa shape index (κ1) is 35.0. The van der Waals surface area contributed by atoms with E-state index in [1.165, 1.54) is 0 Å². The van der Waals surface area contributed by atoms with Crippen molar-refractivity contribution in [2.45, 2.75) is 87.5 Å². The fraction of sp³-hybridized carbons (Fsp3) is 0.429. The number of carbonyl (C=O) groups excluding carboxylic acids is 1. The number of fused-ring (bicyclic) bond motifs is 2. The van der Waals surface area contributed by atoms with Crippen LogP contribution in [0.3, 0.4) is 0 Å². The van der Waals surface area contributed by atoms with E-state index in [0.29, 0.717) is 18.3 Å². The molecule has 2 heterocycles. The first-order valence-corrected chi connectivity index (χ1v) is 17.4. The van der Waals surface area contributed by atoms with Crippen molar-refractivity contribution in [3.05, 3.63) is 99.5 Å². The van der Waals surface area contributed by atoms with Gasteiger partial charge < -0.3 is 19.0 Å². The van der Waals surface area contributed by atoms with Gasteiger partial charge in [-0.25, -0.2) is 4.58 Å². The SMILES string of the molecule is CCC(CC)COc1ccc2c(c1)OC(C(C)(C)C)=C/C2=C\C1=C([O-])C(=Cc2cc(C(C)(C)C)oc3cc(=[N+](CC)CC)ccc2-3)C1=O. The van der Waals surface area contributed by atoms with Crippen LogP contribution in [0.2, 0.25) is 0 Å². The third kappa shape index (κ3) is 7.08. The molecule has 0 bridgehead atoms. The second-order valence-corrected chi connectivity index (χ2v) is 14.9. The third-order valence-electron chi connectivity index (χ3n) is 9.38. The molecule has 4 aliphatic rings. The quantitative estimate of drug-likeness (QED) is 0.172. The van der Waals surface area contributed by atoms with Gasteiger partial charge in [-0.1, -0.05) is 74.0 Å². The topological polar surface area (TPSA) is 74.7 Å². The largest absolute Gasteiger partial charge is 0.871 e. The van der Waals surface area contributed by atoms with Gasteiger partial charge in [-0.05, 0) is 73.4 Å². The van der Waals surface area contributed by atoms with Crippen LogP contribution in [-0.2, 0) is 10.2 Å². The van der Waals surface area contributed by atoms with E-state index in [4.69, 9.17) is 13.9 Å². The summed E-state index contributed by atoms with van der Waals surface area (Å²) < 4.78 is 21.2. The van der Waals surface area contributed by atoms with E-state index in [1.54, 1.807) is 12.2 Å². The maximum absolute atomic E-state index is 13.7. The highest BCUT2D eigenvalue weighted by molar-refractivity contribution is 6.24. The van der Waals surface area contributed by atoms with Crippen LogP contribution in [0.4, 0.5) is 0 Å². The average Bonchev–Trinajstić information content (AvgIpc) is 3.05. The lowest BCUT2D eigenvalue weighted by Gasteiger charge is -2.32. The van der Waals surface area contributed by atoms with Gasteiger partial charge in [-0.15, -0.1) is 0 Å². The maximum atomic E-state index is 13.7. The minimum atomic E-state index is -0.290. The molecule has 0 saturated carbocycles. The molecule has 2 aliphatic carbocycles. The molecule has 1 aromatic carbocycles. The van der Waals surface area contributed by atoms with Gasteiger partial charge in [-0.2, -0.15) is 0 Å². The molecule has 48 heavy (non-hydrogen) atoms. The van der Waals surface area contributed by atoms with Gasteiger partial charge in [0, 0.05) is 45.2 Å². The monoisotopic (exact) mass is 649 g/mol. The first-order valence-electron chi connectivity index (χ1n) is 17.4. The van der Waals surface area contributed by atoms with Crippen LogP contribution in [0.5, 0.6) is 11.5 Å². The van der Waals surface area contributed by atoms with Crippen molar-refractivity contribution in [3.8, 4) is 22.8 Å². The van der Waals surface area contributed by atoms with Gasteiger partial charge in [0.15, 0.2) is 5.78 Å². The van der Waals surface area contributed by atoms with Crippen molar-refractivity contribution < 1.29 is 23.8 Å². The summed E-state index contributed by atoms with van der Waals surface area (Å²) in [4.78, 5) is 13.7. The van der Waals surface area contributed by atoms with Crippen LogP contribution in [-0.4, -0.2) is 25.5 Å². The third-order valence-corrected chi connectivity index (χ3v) is 9.38. The Labute approximate surface area is 286 Å². The van der Waals surface area contributed by atoms with Gasteiger partial charge in [0.2, 0.25) is 5.36 Å². The summed E-state index contributed by atoms with van der Waals surface area (Å²) in [6, 6.07) is 13.9. The lowest BCUT2D eigenvalue weighted by atomic mass is 9.82. The second kappa shape index (κ2) is 13.7. The number of allylic oxidation sites excluding steroid dienone is 6. The number of hydrogen-bond donors (Lipinski definition) is 0. The molecule has 0 atom stereocenters. The highest BCUT2D eigenvalue weighted by atomic mass is 16.5. The van der Waals surface area contributed by atoms with Crippen molar-refractivity contribution in [1.82, 2.24) is 4.58 Å². The second-order valence-electron chi connectivity index (χ2n) is 14.9. The summed E-state index contributed by atoms with van der Waals surface area (Å²) in [5.41, 5.74) is 3.03. The molecular formula is C42H51NO5. The van der Waals surface area contributed by atoms with E-state index in [-0.39, 0.29) is 33.5 Å². The minimum absolute atomic E-state index is 0.174. The molecule has 254 valence electrons. The Hall–Kier alpha value is -4.32. The molecular weight excluding hydrogens is 598 g/mol. The highest BCUT2D eigenvalue weighted by Gasteiger charge is 2.31. The summed E-state index contributed by atoms with van der Waals surface area (Å²) in [5.74, 6) is 3.63. The number of rotatable bonds is 9. The summed E-state index contributed by atoms with van der Waals surface area (Å²) in [5, 5.41) is 14.7. The highest BCUT2D eigenvalue weighted by Crippen LogP contribution is 2.43. The number of Topliss-reactive ketones (excluding diaryl/α,β-unsaturated/α-hetero) is 1. The van der Waals surface area contributed by atoms with Crippen LogP contribution >= 0.6 is 0 Å². The normalized spacial score (nSPS) is 16.7. The zero-order valence-corrected chi connectivity index (χ0v) is 30.4. The van der Waals surface area contributed by atoms with E-state index >= 15 is 0 Å². The van der Waals surface area contributed by atoms with Gasteiger partial charge in [0.25, 0.3) is 0 Å². The van der Waals surface area contributed by atoms with Crippen LogP contribution < -0.4 is 24.5 Å². The zero-order valence-electron chi connectivity index (χ0n) is 30.4. The van der Waals surface area contributed by atoms with E-state index in [9.17, 15) is 9.90 Å². The number of hydrogen-bond acceptors (Lipinski definition) is 5. The molecule has 0 aromatic heterocycles. The van der Waals surface area contributed by atoms with E-state index in [1.807, 2.05) is 36.4 Å². The lowest BCUT2D eigenvalue weighted by Crippen LogP contribution is -2.30. The predicted octanol–water partition coefficient (Wildman–Crippen LogP) is 8.30. The van der Waals surface area contributed by atoms with Crippen molar-refractivity contribution in [2.75, 3.05) is 19.7 Å². The van der Waals surface area contributed by atoms with Gasteiger partial charge >= 0.3 is 0 Å². The number of nitrogens with zero attached hydrogens (tertiary/aromatic N) is 1. The molecule has 0 radical (unpaired) electrons. The summed E-state index contributed by atoms with van der Waals surface area (Å²) in [6.45, 7) is 23.5. The molecule has 5 rings (SSSR count). The van der Waals surface area contributed by atoms with Crippen LogP contribution in [0.1, 0.15) is 99.0 Å². The van der Waals surface area contributed by atoms with E-state index in [0.717, 1.165) is 76.6 Å². The summed E-state index contributed by atoms with van der Waals surface area (Å²) in [7, 11) is 0. The van der Waals surface area contributed by atoms with Gasteiger partial charge in [-0.3, -0.25) is 4.79 Å². The number of ether oxygens (including phenoxy) is 2. The molecule has 0 spiro atoms. The number of carbonyl (C=O) groups is 1. The number of ketones is 1. The Bertz CT molecular complexity index is 1870. The van der Waals surface area contributed by atoms with Crippen molar-refractivity contribution in [2.24, 2.45) is 11.3 Å². The molecule has 0 N–H and O–H groups in total. The van der Waals surface area contributed by atoms with Crippen molar-refractivity contribution in [3.63, 3.8) is 0 Å². The lowest BCUT2D eigenvalue weighted by molar-refractivity contribution is -0.300. The standard InChI is InChI=1S/C42H51NO5/c1-11-26(12-2)25-46-30-16-18-32-28(22-38(42(8,9)10)48-36(32)24-30)20-34-39(44)33(40(34)45)19-27-21-37(41(5,6)7)47-35-23-29(15-17-31(27)35)43(13-3)14-4/h15-24,26H,11-14,25H2,1-10H3/b28-20+. The molecule has 0 fully saturated rings.